The topological polar surface area (TPSA) is 35.2 Å². The van der Waals surface area contributed by atoms with Gasteiger partial charge in [0.05, 0.1) is 12.1 Å². The van der Waals surface area contributed by atoms with Crippen molar-refractivity contribution in [2.75, 3.05) is 6.61 Å². The van der Waals surface area contributed by atoms with Gasteiger partial charge >= 0.3 is 0 Å². The van der Waals surface area contributed by atoms with Crippen LogP contribution in [-0.4, -0.2) is 6.61 Å². The first-order chi connectivity index (χ1) is 9.75. The molecule has 0 saturated heterocycles. The highest BCUT2D eigenvalue weighted by Crippen LogP contribution is 2.39. The lowest BCUT2D eigenvalue weighted by atomic mass is 9.80. The molecule has 1 aliphatic heterocycles. The van der Waals surface area contributed by atoms with Gasteiger partial charge in [-0.3, -0.25) is 0 Å². The first kappa shape index (κ1) is 13.2. The van der Waals surface area contributed by atoms with E-state index in [1.165, 1.54) is 5.56 Å². The van der Waals surface area contributed by atoms with Gasteiger partial charge in [-0.2, -0.15) is 0 Å². The summed E-state index contributed by atoms with van der Waals surface area (Å²) < 4.78 is 5.94. The summed E-state index contributed by atoms with van der Waals surface area (Å²) in [5.41, 5.74) is 9.84. The summed E-state index contributed by atoms with van der Waals surface area (Å²) in [5, 5.41) is 0. The summed E-state index contributed by atoms with van der Waals surface area (Å²) in [5.74, 6) is 1.01. The highest BCUT2D eigenvalue weighted by atomic mass is 16.5. The third kappa shape index (κ3) is 2.10. The van der Waals surface area contributed by atoms with Crippen LogP contribution in [0.25, 0.3) is 0 Å². The van der Waals surface area contributed by atoms with Crippen molar-refractivity contribution in [3.05, 3.63) is 65.2 Å². The Morgan fingerprint density at radius 2 is 1.90 bits per heavy atom. The van der Waals surface area contributed by atoms with Crippen molar-refractivity contribution in [2.45, 2.75) is 31.7 Å². The zero-order valence-corrected chi connectivity index (χ0v) is 11.9. The van der Waals surface area contributed by atoms with E-state index in [4.69, 9.17) is 10.5 Å². The molecule has 2 nitrogen and oxygen atoms in total. The SMILES string of the molecule is CCC(N)(c1ccccc1)c1cccc2c1OCCC2. The molecule has 2 aromatic carbocycles. The molecule has 20 heavy (non-hydrogen) atoms. The minimum Gasteiger partial charge on any atom is -0.493 e. The smallest absolute Gasteiger partial charge is 0.127 e. The minimum atomic E-state index is -0.482. The predicted octanol–water partition coefficient (Wildman–Crippen LogP) is 3.62. The van der Waals surface area contributed by atoms with Crippen LogP contribution in [0.15, 0.2) is 48.5 Å². The molecular formula is C18H21NO. The van der Waals surface area contributed by atoms with E-state index < -0.39 is 5.54 Å². The fourth-order valence-electron chi connectivity index (χ4n) is 3.03. The number of nitrogens with two attached hydrogens (primary N) is 1. The highest BCUT2D eigenvalue weighted by Gasteiger charge is 2.32. The second kappa shape index (κ2) is 5.29. The number of hydrogen-bond acceptors (Lipinski definition) is 2. The van der Waals surface area contributed by atoms with Crippen LogP contribution >= 0.6 is 0 Å². The number of fused-ring (bicyclic) bond motifs is 1. The zero-order valence-electron chi connectivity index (χ0n) is 11.9. The van der Waals surface area contributed by atoms with E-state index in [1.54, 1.807) is 0 Å². The number of rotatable bonds is 3. The lowest BCUT2D eigenvalue weighted by molar-refractivity contribution is 0.279. The molecule has 1 unspecified atom stereocenters. The van der Waals surface area contributed by atoms with Gasteiger partial charge in [-0.1, -0.05) is 55.5 Å². The molecule has 2 aromatic rings. The Kier molecular flexibility index (Phi) is 3.49. The van der Waals surface area contributed by atoms with Crippen LogP contribution in [0.2, 0.25) is 0 Å². The van der Waals surface area contributed by atoms with Crippen molar-refractivity contribution < 1.29 is 4.74 Å². The Hall–Kier alpha value is -1.80. The number of ether oxygens (including phenoxy) is 1. The van der Waals surface area contributed by atoms with Crippen molar-refractivity contribution in [1.29, 1.82) is 0 Å². The molecule has 0 aliphatic carbocycles. The number of hydrogen-bond donors (Lipinski definition) is 1. The molecule has 0 fully saturated rings. The number of benzene rings is 2. The van der Waals surface area contributed by atoms with Crippen molar-refractivity contribution in [1.82, 2.24) is 0 Å². The number of aryl methyl sites for hydroxylation is 1. The maximum Gasteiger partial charge on any atom is 0.127 e. The average molecular weight is 267 g/mol. The first-order valence-electron chi connectivity index (χ1n) is 7.35. The fraction of sp³-hybridized carbons (Fsp3) is 0.333. The fourth-order valence-corrected chi connectivity index (χ4v) is 3.03. The molecule has 1 atom stereocenters. The van der Waals surface area contributed by atoms with Crippen molar-refractivity contribution in [3.8, 4) is 5.75 Å². The van der Waals surface area contributed by atoms with E-state index in [0.717, 1.165) is 42.7 Å². The van der Waals surface area contributed by atoms with E-state index >= 15 is 0 Å². The molecule has 2 N–H and O–H groups in total. The molecule has 0 bridgehead atoms. The molecule has 1 heterocycles. The predicted molar refractivity (Wildman–Crippen MR) is 82.0 cm³/mol. The summed E-state index contributed by atoms with van der Waals surface area (Å²) in [7, 11) is 0. The summed E-state index contributed by atoms with van der Waals surface area (Å²) >= 11 is 0. The number of para-hydroxylation sites is 1. The molecule has 0 radical (unpaired) electrons. The molecule has 3 rings (SSSR count). The molecule has 1 aliphatic rings. The monoisotopic (exact) mass is 267 g/mol. The van der Waals surface area contributed by atoms with Crippen LogP contribution in [0.3, 0.4) is 0 Å². The van der Waals surface area contributed by atoms with Crippen LogP contribution in [-0.2, 0) is 12.0 Å². The van der Waals surface area contributed by atoms with Gasteiger partial charge in [0.15, 0.2) is 0 Å². The lowest BCUT2D eigenvalue weighted by Gasteiger charge is -2.33. The Balaban J connectivity index is 2.15. The Morgan fingerprint density at radius 1 is 1.10 bits per heavy atom. The zero-order chi connectivity index (χ0) is 14.0. The normalized spacial score (nSPS) is 16.9. The summed E-state index contributed by atoms with van der Waals surface area (Å²) in [4.78, 5) is 0. The van der Waals surface area contributed by atoms with E-state index in [2.05, 4.69) is 37.3 Å². The quantitative estimate of drug-likeness (QED) is 0.921. The van der Waals surface area contributed by atoms with E-state index in [-0.39, 0.29) is 0 Å². The minimum absolute atomic E-state index is 0.482. The second-order valence-corrected chi connectivity index (χ2v) is 5.44. The van der Waals surface area contributed by atoms with Crippen molar-refractivity contribution >= 4 is 0 Å². The van der Waals surface area contributed by atoms with Gasteiger partial charge in [-0.25, -0.2) is 0 Å². The second-order valence-electron chi connectivity index (χ2n) is 5.44. The summed E-state index contributed by atoms with van der Waals surface area (Å²) in [6.45, 7) is 2.92. The maximum atomic E-state index is 6.78. The average Bonchev–Trinajstić information content (AvgIpc) is 2.54. The van der Waals surface area contributed by atoms with Crippen LogP contribution in [0.5, 0.6) is 5.75 Å². The Morgan fingerprint density at radius 3 is 2.65 bits per heavy atom. The highest BCUT2D eigenvalue weighted by molar-refractivity contribution is 5.50. The molecule has 2 heteroatoms. The first-order valence-corrected chi connectivity index (χ1v) is 7.35. The van der Waals surface area contributed by atoms with E-state index in [0.29, 0.717) is 0 Å². The van der Waals surface area contributed by atoms with Gasteiger partial charge in [0, 0.05) is 5.56 Å². The molecule has 0 spiro atoms. The third-order valence-electron chi connectivity index (χ3n) is 4.26. The Labute approximate surface area is 120 Å². The van der Waals surface area contributed by atoms with Crippen molar-refractivity contribution in [2.24, 2.45) is 5.73 Å². The van der Waals surface area contributed by atoms with E-state index in [9.17, 15) is 0 Å². The molecule has 0 aromatic heterocycles. The van der Waals surface area contributed by atoms with Gasteiger partial charge in [0.1, 0.15) is 5.75 Å². The van der Waals surface area contributed by atoms with Crippen LogP contribution in [0.1, 0.15) is 36.5 Å². The van der Waals surface area contributed by atoms with Gasteiger partial charge in [0.2, 0.25) is 0 Å². The van der Waals surface area contributed by atoms with Gasteiger partial charge in [-0.05, 0) is 30.4 Å². The van der Waals surface area contributed by atoms with Gasteiger partial charge in [-0.15, -0.1) is 0 Å². The standard InChI is InChI=1S/C18H21NO/c1-2-18(19,15-10-4-3-5-11-15)16-12-6-8-14-9-7-13-20-17(14)16/h3-6,8,10-12H,2,7,9,13,19H2,1H3. The van der Waals surface area contributed by atoms with Gasteiger partial charge in [0.25, 0.3) is 0 Å². The summed E-state index contributed by atoms with van der Waals surface area (Å²) in [6.07, 6.45) is 3.01. The largest absolute Gasteiger partial charge is 0.493 e. The molecule has 0 saturated carbocycles. The maximum absolute atomic E-state index is 6.78. The van der Waals surface area contributed by atoms with Gasteiger partial charge < -0.3 is 10.5 Å². The summed E-state index contributed by atoms with van der Waals surface area (Å²) in [6, 6.07) is 16.7. The van der Waals surface area contributed by atoms with Crippen LogP contribution in [0, 0.1) is 0 Å². The third-order valence-corrected chi connectivity index (χ3v) is 4.26. The molecular weight excluding hydrogens is 246 g/mol. The Bertz CT molecular complexity index is 594. The van der Waals surface area contributed by atoms with Crippen molar-refractivity contribution in [3.63, 3.8) is 0 Å². The van der Waals surface area contributed by atoms with Crippen LogP contribution in [0.4, 0.5) is 0 Å². The van der Waals surface area contributed by atoms with E-state index in [1.807, 2.05) is 18.2 Å². The van der Waals surface area contributed by atoms with Crippen LogP contribution < -0.4 is 10.5 Å². The molecule has 104 valence electrons. The molecule has 0 amide bonds. The lowest BCUT2D eigenvalue weighted by Crippen LogP contribution is -2.38.